The number of rotatable bonds is 3. The van der Waals surface area contributed by atoms with Gasteiger partial charge in [0.1, 0.15) is 6.54 Å². The molecule has 1 aromatic heterocycles. The first-order chi connectivity index (χ1) is 6.22. The molecule has 0 amide bonds. The number of hydrogen-bond donors (Lipinski definition) is 0. The van der Waals surface area contributed by atoms with E-state index in [-0.39, 0.29) is 6.54 Å². The van der Waals surface area contributed by atoms with E-state index in [1.165, 1.54) is 4.68 Å². The van der Waals surface area contributed by atoms with Gasteiger partial charge in [0.05, 0.1) is 5.69 Å². The lowest BCUT2D eigenvalue weighted by Gasteiger charge is -1.97. The zero-order valence-corrected chi connectivity index (χ0v) is 8.30. The van der Waals surface area contributed by atoms with Crippen molar-refractivity contribution in [3.05, 3.63) is 18.0 Å². The summed E-state index contributed by atoms with van der Waals surface area (Å²) in [6.45, 7) is 5.63. The van der Waals surface area contributed by atoms with Crippen molar-refractivity contribution in [2.24, 2.45) is 0 Å². The number of hydrogen-bond acceptors (Lipinski definition) is 1. The monoisotopic (exact) mass is 190 g/mol. The van der Waals surface area contributed by atoms with E-state index in [0.29, 0.717) is 0 Å². The summed E-state index contributed by atoms with van der Waals surface area (Å²) in [5, 5.41) is 3.91. The van der Waals surface area contributed by atoms with E-state index in [9.17, 15) is 8.78 Å². The first kappa shape index (κ1) is 12.1. The van der Waals surface area contributed by atoms with Crippen LogP contribution >= 0.6 is 0 Å². The standard InChI is InChI=1S/C7H10F2N2.C2H6/c1-2-6-3-4-11(10-6)5-7(8)9;1-2/h3-4,7H,2,5H2,1H3;1-2H3. The molecule has 0 bridgehead atoms. The predicted octanol–water partition coefficient (Wildman–Crippen LogP) is 2.74. The van der Waals surface area contributed by atoms with E-state index in [4.69, 9.17) is 0 Å². The van der Waals surface area contributed by atoms with Crippen molar-refractivity contribution in [3.63, 3.8) is 0 Å². The van der Waals surface area contributed by atoms with E-state index in [0.717, 1.165) is 12.1 Å². The van der Waals surface area contributed by atoms with Crippen LogP contribution in [0.3, 0.4) is 0 Å². The van der Waals surface area contributed by atoms with Crippen LogP contribution in [0.1, 0.15) is 26.5 Å². The van der Waals surface area contributed by atoms with E-state index < -0.39 is 6.43 Å². The maximum Gasteiger partial charge on any atom is 0.257 e. The number of alkyl halides is 2. The average molecular weight is 190 g/mol. The minimum atomic E-state index is -2.32. The molecule has 0 aliphatic heterocycles. The first-order valence-corrected chi connectivity index (χ1v) is 4.53. The largest absolute Gasteiger partial charge is 0.267 e. The van der Waals surface area contributed by atoms with Crippen molar-refractivity contribution in [1.82, 2.24) is 9.78 Å². The summed E-state index contributed by atoms with van der Waals surface area (Å²) in [6.07, 6.45) is 0.0425. The number of halogens is 2. The van der Waals surface area contributed by atoms with Crippen LogP contribution < -0.4 is 0 Å². The summed E-state index contributed by atoms with van der Waals surface area (Å²) < 4.78 is 24.8. The van der Waals surface area contributed by atoms with Gasteiger partial charge in [-0.3, -0.25) is 4.68 Å². The van der Waals surface area contributed by atoms with Crippen LogP contribution in [-0.4, -0.2) is 16.2 Å². The minimum absolute atomic E-state index is 0.306. The van der Waals surface area contributed by atoms with Crippen molar-refractivity contribution in [1.29, 1.82) is 0 Å². The Bertz CT molecular complexity index is 221. The highest BCUT2D eigenvalue weighted by Crippen LogP contribution is 2.00. The second-order valence-electron chi connectivity index (χ2n) is 2.27. The molecule has 0 aliphatic rings. The fraction of sp³-hybridized carbons (Fsp3) is 0.667. The zero-order chi connectivity index (χ0) is 10.3. The van der Waals surface area contributed by atoms with E-state index in [1.54, 1.807) is 12.3 Å². The maximum absolute atomic E-state index is 11.8. The normalized spacial score (nSPS) is 9.69. The molecule has 0 saturated carbocycles. The third-order valence-corrected chi connectivity index (χ3v) is 1.38. The lowest BCUT2D eigenvalue weighted by atomic mass is 10.4. The van der Waals surface area contributed by atoms with Crippen LogP contribution in [0.2, 0.25) is 0 Å². The van der Waals surface area contributed by atoms with Gasteiger partial charge in [0.15, 0.2) is 0 Å². The second-order valence-corrected chi connectivity index (χ2v) is 2.27. The van der Waals surface area contributed by atoms with Crippen LogP contribution in [0.25, 0.3) is 0 Å². The summed E-state index contributed by atoms with van der Waals surface area (Å²) in [5.74, 6) is 0. The Hall–Kier alpha value is -0.930. The quantitative estimate of drug-likeness (QED) is 0.716. The summed E-state index contributed by atoms with van der Waals surface area (Å²) in [5.41, 5.74) is 0.852. The molecule has 0 aromatic carbocycles. The third-order valence-electron chi connectivity index (χ3n) is 1.38. The van der Waals surface area contributed by atoms with Gasteiger partial charge >= 0.3 is 0 Å². The van der Waals surface area contributed by atoms with Crippen LogP contribution in [0.15, 0.2) is 12.3 Å². The second kappa shape index (κ2) is 6.57. The molecule has 0 fully saturated rings. The van der Waals surface area contributed by atoms with Gasteiger partial charge in [0.25, 0.3) is 6.43 Å². The topological polar surface area (TPSA) is 17.8 Å². The lowest BCUT2D eigenvalue weighted by Crippen LogP contribution is -2.07. The molecule has 1 aromatic rings. The van der Waals surface area contributed by atoms with Crippen LogP contribution in [0, 0.1) is 0 Å². The molecular weight excluding hydrogens is 174 g/mol. The van der Waals surface area contributed by atoms with Gasteiger partial charge in [0, 0.05) is 6.20 Å². The SMILES string of the molecule is CC.CCc1ccn(CC(F)F)n1. The van der Waals surface area contributed by atoms with Crippen molar-refractivity contribution < 1.29 is 8.78 Å². The molecule has 0 radical (unpaired) electrons. The smallest absolute Gasteiger partial charge is 0.257 e. The molecule has 4 heteroatoms. The van der Waals surface area contributed by atoms with E-state index >= 15 is 0 Å². The number of nitrogens with zero attached hydrogens (tertiary/aromatic N) is 2. The van der Waals surface area contributed by atoms with Gasteiger partial charge in [-0.15, -0.1) is 0 Å². The summed E-state index contributed by atoms with van der Waals surface area (Å²) in [7, 11) is 0. The Kier molecular flexibility index (Phi) is 6.10. The van der Waals surface area contributed by atoms with E-state index in [1.807, 2.05) is 20.8 Å². The molecule has 2 nitrogen and oxygen atoms in total. The Morgan fingerprint density at radius 3 is 2.46 bits per heavy atom. The van der Waals surface area contributed by atoms with Crippen LogP contribution in [0.4, 0.5) is 8.78 Å². The number of aromatic nitrogens is 2. The maximum atomic E-state index is 11.8. The van der Waals surface area contributed by atoms with Gasteiger partial charge in [-0.05, 0) is 12.5 Å². The van der Waals surface area contributed by atoms with Crippen molar-refractivity contribution in [3.8, 4) is 0 Å². The zero-order valence-electron chi connectivity index (χ0n) is 8.30. The minimum Gasteiger partial charge on any atom is -0.267 e. The van der Waals surface area contributed by atoms with Gasteiger partial charge < -0.3 is 0 Å². The molecule has 0 aliphatic carbocycles. The van der Waals surface area contributed by atoms with Crippen molar-refractivity contribution in [2.45, 2.75) is 40.2 Å². The Morgan fingerprint density at radius 1 is 1.46 bits per heavy atom. The first-order valence-electron chi connectivity index (χ1n) is 4.53. The van der Waals surface area contributed by atoms with Gasteiger partial charge in [0.2, 0.25) is 0 Å². The highest BCUT2D eigenvalue weighted by atomic mass is 19.3. The molecule has 0 unspecified atom stereocenters. The van der Waals surface area contributed by atoms with Gasteiger partial charge in [-0.1, -0.05) is 20.8 Å². The third kappa shape index (κ3) is 4.60. The molecule has 0 spiro atoms. The fourth-order valence-electron chi connectivity index (χ4n) is 0.835. The molecule has 1 heterocycles. The van der Waals surface area contributed by atoms with Crippen LogP contribution in [-0.2, 0) is 13.0 Å². The summed E-state index contributed by atoms with van der Waals surface area (Å²) in [6, 6.07) is 1.75. The van der Waals surface area contributed by atoms with Gasteiger partial charge in [-0.2, -0.15) is 5.10 Å². The highest BCUT2D eigenvalue weighted by molar-refractivity contribution is 4.97. The molecule has 0 N–H and O–H groups in total. The molecular formula is C9H16F2N2. The van der Waals surface area contributed by atoms with Crippen molar-refractivity contribution in [2.75, 3.05) is 0 Å². The highest BCUT2D eigenvalue weighted by Gasteiger charge is 2.04. The van der Waals surface area contributed by atoms with Crippen molar-refractivity contribution >= 4 is 0 Å². The molecule has 0 saturated heterocycles. The molecule has 13 heavy (non-hydrogen) atoms. The number of aryl methyl sites for hydroxylation is 1. The summed E-state index contributed by atoms with van der Waals surface area (Å²) in [4.78, 5) is 0. The molecule has 0 atom stereocenters. The Balaban J connectivity index is 0.000000671. The van der Waals surface area contributed by atoms with E-state index in [2.05, 4.69) is 5.10 Å². The molecule has 1 rings (SSSR count). The van der Waals surface area contributed by atoms with Gasteiger partial charge in [-0.25, -0.2) is 8.78 Å². The summed E-state index contributed by atoms with van der Waals surface area (Å²) >= 11 is 0. The Morgan fingerprint density at radius 2 is 2.08 bits per heavy atom. The molecule has 76 valence electrons. The Labute approximate surface area is 77.6 Å². The van der Waals surface area contributed by atoms with Crippen LogP contribution in [0.5, 0.6) is 0 Å². The fourth-order valence-corrected chi connectivity index (χ4v) is 0.835. The lowest BCUT2D eigenvalue weighted by molar-refractivity contribution is 0.121. The average Bonchev–Trinajstić information content (AvgIpc) is 2.55. The predicted molar refractivity (Wildman–Crippen MR) is 49.0 cm³/mol.